The van der Waals surface area contributed by atoms with Gasteiger partial charge in [-0.05, 0) is 31.0 Å². The maximum Gasteiger partial charge on any atom is 0.0657 e. The molecule has 0 bridgehead atoms. The molecule has 0 aliphatic heterocycles. The van der Waals surface area contributed by atoms with E-state index >= 15 is 0 Å². The fraction of sp³-hybridized carbons (Fsp3) is 0.538. The third-order valence-electron chi connectivity index (χ3n) is 3.42. The number of aliphatic hydroxyl groups is 1. The summed E-state index contributed by atoms with van der Waals surface area (Å²) < 4.78 is 0. The Morgan fingerprint density at radius 3 is 2.82 bits per heavy atom. The first-order chi connectivity index (χ1) is 8.16. The highest BCUT2D eigenvalue weighted by Gasteiger charge is 2.22. The van der Waals surface area contributed by atoms with Gasteiger partial charge in [-0.25, -0.2) is 0 Å². The van der Waals surface area contributed by atoms with Gasteiger partial charge in [-0.1, -0.05) is 24.4 Å². The summed E-state index contributed by atoms with van der Waals surface area (Å²) in [5.41, 5.74) is 7.19. The number of nitrogens with two attached hydrogens (primary N) is 1. The van der Waals surface area contributed by atoms with Crippen LogP contribution in [0.3, 0.4) is 0 Å². The van der Waals surface area contributed by atoms with E-state index in [0.29, 0.717) is 16.6 Å². The lowest BCUT2D eigenvalue weighted by Crippen LogP contribution is -2.30. The van der Waals surface area contributed by atoms with Gasteiger partial charge in [-0.2, -0.15) is 0 Å². The van der Waals surface area contributed by atoms with Gasteiger partial charge in [-0.15, -0.1) is 0 Å². The lowest BCUT2D eigenvalue weighted by atomic mass is 9.86. The second kappa shape index (κ2) is 5.61. The van der Waals surface area contributed by atoms with Gasteiger partial charge < -0.3 is 16.2 Å². The molecule has 2 rings (SSSR count). The number of nitrogens with one attached hydrogen (secondary N) is 1. The van der Waals surface area contributed by atoms with Crippen LogP contribution < -0.4 is 11.1 Å². The summed E-state index contributed by atoms with van der Waals surface area (Å²) in [6, 6.07) is 5.44. The fourth-order valence-corrected chi connectivity index (χ4v) is 2.60. The molecule has 2 atom stereocenters. The zero-order chi connectivity index (χ0) is 12.3. The summed E-state index contributed by atoms with van der Waals surface area (Å²) in [6.07, 6.45) is 4.17. The molecule has 1 saturated carbocycles. The first kappa shape index (κ1) is 12.5. The molecular formula is C13H19ClN2O. The van der Waals surface area contributed by atoms with Gasteiger partial charge in [0, 0.05) is 18.2 Å². The Labute approximate surface area is 107 Å². The average molecular weight is 255 g/mol. The van der Waals surface area contributed by atoms with Gasteiger partial charge in [0.2, 0.25) is 0 Å². The van der Waals surface area contributed by atoms with Crippen molar-refractivity contribution in [1.82, 2.24) is 0 Å². The molecule has 0 amide bonds. The van der Waals surface area contributed by atoms with Crippen molar-refractivity contribution in [3.8, 4) is 0 Å². The number of hydrogen-bond donors (Lipinski definition) is 3. The summed E-state index contributed by atoms with van der Waals surface area (Å²) in [6.45, 7) is 0.769. The van der Waals surface area contributed by atoms with E-state index in [4.69, 9.17) is 17.3 Å². The second-order valence-corrected chi connectivity index (χ2v) is 5.14. The molecule has 94 valence electrons. The zero-order valence-electron chi connectivity index (χ0n) is 9.82. The molecule has 0 radical (unpaired) electrons. The third-order valence-corrected chi connectivity index (χ3v) is 3.73. The Hall–Kier alpha value is -0.930. The smallest absolute Gasteiger partial charge is 0.0657 e. The Bertz CT molecular complexity index is 384. The minimum atomic E-state index is -0.177. The van der Waals surface area contributed by atoms with E-state index in [1.54, 1.807) is 6.07 Å². The van der Waals surface area contributed by atoms with Gasteiger partial charge in [0.05, 0.1) is 16.8 Å². The molecule has 1 fully saturated rings. The number of benzene rings is 1. The highest BCUT2D eigenvalue weighted by atomic mass is 35.5. The largest absolute Gasteiger partial charge is 0.399 e. The summed E-state index contributed by atoms with van der Waals surface area (Å²) in [4.78, 5) is 0. The molecule has 17 heavy (non-hydrogen) atoms. The second-order valence-electron chi connectivity index (χ2n) is 4.73. The van der Waals surface area contributed by atoms with E-state index in [2.05, 4.69) is 5.32 Å². The molecule has 1 aliphatic rings. The van der Waals surface area contributed by atoms with Crippen LogP contribution in [0.25, 0.3) is 0 Å². The summed E-state index contributed by atoms with van der Waals surface area (Å²) >= 11 is 6.08. The minimum Gasteiger partial charge on any atom is -0.399 e. The van der Waals surface area contributed by atoms with Crippen molar-refractivity contribution in [2.75, 3.05) is 17.6 Å². The maximum atomic E-state index is 9.87. The van der Waals surface area contributed by atoms with Crippen molar-refractivity contribution in [2.24, 2.45) is 5.92 Å². The number of anilines is 2. The van der Waals surface area contributed by atoms with E-state index in [1.807, 2.05) is 12.1 Å². The van der Waals surface area contributed by atoms with E-state index in [0.717, 1.165) is 31.5 Å². The van der Waals surface area contributed by atoms with Crippen molar-refractivity contribution in [3.63, 3.8) is 0 Å². The first-order valence-electron chi connectivity index (χ1n) is 6.14. The molecule has 2 unspecified atom stereocenters. The standard InChI is InChI=1S/C13H19ClN2O/c14-11-7-10(15)5-6-12(11)16-8-9-3-1-2-4-13(9)17/h5-7,9,13,16-17H,1-4,8,15H2. The molecule has 4 heteroatoms. The van der Waals surface area contributed by atoms with Crippen LogP contribution in [0.1, 0.15) is 25.7 Å². The third kappa shape index (κ3) is 3.27. The van der Waals surface area contributed by atoms with Gasteiger partial charge >= 0.3 is 0 Å². The SMILES string of the molecule is Nc1ccc(NCC2CCCCC2O)c(Cl)c1. The molecule has 3 nitrogen and oxygen atoms in total. The average Bonchev–Trinajstić information content (AvgIpc) is 2.30. The molecule has 1 aliphatic carbocycles. The molecule has 0 saturated heterocycles. The topological polar surface area (TPSA) is 58.3 Å². The molecule has 0 aromatic heterocycles. The highest BCUT2D eigenvalue weighted by Crippen LogP contribution is 2.27. The quantitative estimate of drug-likeness (QED) is 0.727. The Morgan fingerprint density at radius 2 is 2.12 bits per heavy atom. The first-order valence-corrected chi connectivity index (χ1v) is 6.51. The minimum absolute atomic E-state index is 0.177. The number of halogens is 1. The lowest BCUT2D eigenvalue weighted by Gasteiger charge is -2.28. The van der Waals surface area contributed by atoms with Gasteiger partial charge in [0.1, 0.15) is 0 Å². The number of hydrogen-bond acceptors (Lipinski definition) is 3. The van der Waals surface area contributed by atoms with Crippen LogP contribution in [-0.4, -0.2) is 17.8 Å². The summed E-state index contributed by atoms with van der Waals surface area (Å²) in [7, 11) is 0. The fourth-order valence-electron chi connectivity index (χ4n) is 2.34. The van der Waals surface area contributed by atoms with Gasteiger partial charge in [0.15, 0.2) is 0 Å². The van der Waals surface area contributed by atoms with Crippen LogP contribution in [0.2, 0.25) is 5.02 Å². The number of nitrogen functional groups attached to an aromatic ring is 1. The predicted molar refractivity (Wildman–Crippen MR) is 72.3 cm³/mol. The van der Waals surface area contributed by atoms with E-state index < -0.39 is 0 Å². The summed E-state index contributed by atoms with van der Waals surface area (Å²) in [5.74, 6) is 0.331. The maximum absolute atomic E-state index is 9.87. The van der Waals surface area contributed by atoms with Crippen LogP contribution in [-0.2, 0) is 0 Å². The van der Waals surface area contributed by atoms with Gasteiger partial charge in [0.25, 0.3) is 0 Å². The van der Waals surface area contributed by atoms with Crippen LogP contribution in [0.4, 0.5) is 11.4 Å². The molecule has 1 aromatic carbocycles. The lowest BCUT2D eigenvalue weighted by molar-refractivity contribution is 0.0763. The van der Waals surface area contributed by atoms with Crippen molar-refractivity contribution < 1.29 is 5.11 Å². The van der Waals surface area contributed by atoms with Crippen LogP contribution in [0.15, 0.2) is 18.2 Å². The Balaban J connectivity index is 1.92. The van der Waals surface area contributed by atoms with Crippen LogP contribution in [0.5, 0.6) is 0 Å². The summed E-state index contributed by atoms with van der Waals surface area (Å²) in [5, 5.41) is 13.8. The van der Waals surface area contributed by atoms with E-state index in [9.17, 15) is 5.11 Å². The Kier molecular flexibility index (Phi) is 4.13. The molecule has 0 spiro atoms. The zero-order valence-corrected chi connectivity index (χ0v) is 10.6. The molecular weight excluding hydrogens is 236 g/mol. The monoisotopic (exact) mass is 254 g/mol. The van der Waals surface area contributed by atoms with Crippen molar-refractivity contribution in [1.29, 1.82) is 0 Å². The van der Waals surface area contributed by atoms with Crippen LogP contribution >= 0.6 is 11.6 Å². The predicted octanol–water partition coefficient (Wildman–Crippen LogP) is 2.89. The molecule has 1 aromatic rings. The molecule has 0 heterocycles. The van der Waals surface area contributed by atoms with E-state index in [-0.39, 0.29) is 6.10 Å². The molecule has 4 N–H and O–H groups in total. The van der Waals surface area contributed by atoms with Crippen LogP contribution in [0, 0.1) is 5.92 Å². The highest BCUT2D eigenvalue weighted by molar-refractivity contribution is 6.33. The van der Waals surface area contributed by atoms with E-state index in [1.165, 1.54) is 6.42 Å². The van der Waals surface area contributed by atoms with Gasteiger partial charge in [-0.3, -0.25) is 0 Å². The number of rotatable bonds is 3. The van der Waals surface area contributed by atoms with Crippen molar-refractivity contribution in [3.05, 3.63) is 23.2 Å². The number of aliphatic hydroxyl groups excluding tert-OH is 1. The Morgan fingerprint density at radius 1 is 1.35 bits per heavy atom. The van der Waals surface area contributed by atoms with Crippen molar-refractivity contribution in [2.45, 2.75) is 31.8 Å². The normalized spacial score (nSPS) is 24.6. The van der Waals surface area contributed by atoms with Crippen molar-refractivity contribution >= 4 is 23.0 Å².